The van der Waals surface area contributed by atoms with E-state index in [0.29, 0.717) is 0 Å². The van der Waals surface area contributed by atoms with E-state index in [1.54, 1.807) is 0 Å². The quantitative estimate of drug-likeness (QED) is 0.848. The Morgan fingerprint density at radius 3 is 2.44 bits per heavy atom. The Labute approximate surface area is 143 Å². The number of rotatable bonds is 5. The molecule has 1 aromatic rings. The molecule has 0 aromatic heterocycles. The minimum absolute atomic E-state index is 0.163. The number of nitrogens with one attached hydrogen (secondary N) is 1. The second-order valence-electron chi connectivity index (χ2n) is 5.88. The van der Waals surface area contributed by atoms with Crippen molar-refractivity contribution in [3.63, 3.8) is 0 Å². The summed E-state index contributed by atoms with van der Waals surface area (Å²) in [6.07, 6.45) is -0.0626. The maximum atomic E-state index is 12.3. The fourth-order valence-electron chi connectivity index (χ4n) is 2.58. The SMILES string of the molecule is Cc1ccc(CN2C(=O)CCC2CC(=O)NS(=O)(=O)C(F)(F)F)cc1. The van der Waals surface area contributed by atoms with E-state index in [9.17, 15) is 31.2 Å². The van der Waals surface area contributed by atoms with Gasteiger partial charge in [-0.2, -0.15) is 21.6 Å². The summed E-state index contributed by atoms with van der Waals surface area (Å²) < 4.78 is 59.8. The van der Waals surface area contributed by atoms with Crippen molar-refractivity contribution in [2.45, 2.75) is 44.3 Å². The van der Waals surface area contributed by atoms with E-state index < -0.39 is 33.9 Å². The predicted molar refractivity (Wildman–Crippen MR) is 82.5 cm³/mol. The molecule has 2 rings (SSSR count). The number of likely N-dealkylation sites (tertiary alicyclic amines) is 1. The Balaban J connectivity index is 2.04. The van der Waals surface area contributed by atoms with Crippen LogP contribution in [-0.4, -0.2) is 36.7 Å². The fraction of sp³-hybridized carbons (Fsp3) is 0.467. The van der Waals surface area contributed by atoms with Gasteiger partial charge in [0.15, 0.2) is 0 Å². The molecule has 138 valence electrons. The van der Waals surface area contributed by atoms with Gasteiger partial charge >= 0.3 is 15.5 Å². The maximum Gasteiger partial charge on any atom is 0.516 e. The van der Waals surface area contributed by atoms with Crippen molar-refractivity contribution in [3.8, 4) is 0 Å². The lowest BCUT2D eigenvalue weighted by Gasteiger charge is -2.24. The van der Waals surface area contributed by atoms with Gasteiger partial charge in [0.2, 0.25) is 11.8 Å². The van der Waals surface area contributed by atoms with Crippen LogP contribution in [0.4, 0.5) is 13.2 Å². The van der Waals surface area contributed by atoms with Crippen LogP contribution >= 0.6 is 0 Å². The third-order valence-electron chi connectivity index (χ3n) is 3.90. The van der Waals surface area contributed by atoms with Crippen LogP contribution in [0.15, 0.2) is 24.3 Å². The number of carbonyl (C=O) groups excluding carboxylic acids is 2. The number of alkyl halides is 3. The molecule has 2 amide bonds. The summed E-state index contributed by atoms with van der Waals surface area (Å²) in [6, 6.07) is 6.69. The summed E-state index contributed by atoms with van der Waals surface area (Å²) in [5, 5.41) is 0. The standard InChI is InChI=1S/C15H17F3N2O4S/c1-10-2-4-11(5-3-10)9-20-12(6-7-14(20)22)8-13(21)19-25(23,24)15(16,17)18/h2-5,12H,6-9H2,1H3,(H,19,21). The molecule has 0 radical (unpaired) electrons. The number of amides is 2. The van der Waals surface area contributed by atoms with Gasteiger partial charge in [0.25, 0.3) is 0 Å². The Kier molecular flexibility index (Phi) is 5.40. The van der Waals surface area contributed by atoms with E-state index in [2.05, 4.69) is 0 Å². The Hall–Kier alpha value is -2.10. The molecular weight excluding hydrogens is 361 g/mol. The van der Waals surface area contributed by atoms with Crippen molar-refractivity contribution in [1.29, 1.82) is 0 Å². The van der Waals surface area contributed by atoms with Gasteiger partial charge in [0, 0.05) is 25.4 Å². The molecule has 25 heavy (non-hydrogen) atoms. The van der Waals surface area contributed by atoms with Gasteiger partial charge in [-0.3, -0.25) is 9.59 Å². The van der Waals surface area contributed by atoms with Crippen molar-refractivity contribution < 1.29 is 31.2 Å². The van der Waals surface area contributed by atoms with Crippen molar-refractivity contribution >= 4 is 21.8 Å². The van der Waals surface area contributed by atoms with E-state index in [0.717, 1.165) is 15.8 Å². The number of sulfonamides is 1. The highest BCUT2D eigenvalue weighted by Crippen LogP contribution is 2.25. The van der Waals surface area contributed by atoms with Crippen LogP contribution in [0, 0.1) is 6.92 Å². The molecule has 0 aliphatic carbocycles. The van der Waals surface area contributed by atoms with E-state index >= 15 is 0 Å². The molecular formula is C15H17F3N2O4S. The number of hydrogen-bond acceptors (Lipinski definition) is 4. The molecule has 0 saturated carbocycles. The first-order valence-corrected chi connectivity index (χ1v) is 8.95. The Morgan fingerprint density at radius 2 is 1.88 bits per heavy atom. The summed E-state index contributed by atoms with van der Waals surface area (Å²) in [5.41, 5.74) is -3.71. The third kappa shape index (κ3) is 4.71. The van der Waals surface area contributed by atoms with Gasteiger partial charge in [-0.05, 0) is 18.9 Å². The lowest BCUT2D eigenvalue weighted by Crippen LogP contribution is -2.43. The van der Waals surface area contributed by atoms with E-state index in [4.69, 9.17) is 0 Å². The summed E-state index contributed by atoms with van der Waals surface area (Å²) >= 11 is 0. The van der Waals surface area contributed by atoms with Gasteiger partial charge in [0.1, 0.15) is 0 Å². The van der Waals surface area contributed by atoms with Crippen molar-refractivity contribution in [1.82, 2.24) is 9.62 Å². The minimum atomic E-state index is -5.74. The summed E-state index contributed by atoms with van der Waals surface area (Å²) in [6.45, 7) is 2.11. The van der Waals surface area contributed by atoms with E-state index in [1.165, 1.54) is 4.90 Å². The number of benzene rings is 1. The number of carbonyl (C=O) groups is 2. The second kappa shape index (κ2) is 7.03. The smallest absolute Gasteiger partial charge is 0.335 e. The summed E-state index contributed by atoms with van der Waals surface area (Å²) in [5.74, 6) is -1.51. The van der Waals surface area contributed by atoms with Gasteiger partial charge in [-0.15, -0.1) is 0 Å². The molecule has 10 heteroatoms. The molecule has 1 fully saturated rings. The zero-order valence-corrected chi connectivity index (χ0v) is 14.2. The predicted octanol–water partition coefficient (Wildman–Crippen LogP) is 1.84. The van der Waals surface area contributed by atoms with Crippen LogP contribution in [0.5, 0.6) is 0 Å². The molecule has 1 aliphatic heterocycles. The second-order valence-corrected chi connectivity index (χ2v) is 7.55. The molecule has 1 unspecified atom stereocenters. The van der Waals surface area contributed by atoms with Crippen LogP contribution in [-0.2, 0) is 26.2 Å². The molecule has 1 aromatic carbocycles. The van der Waals surface area contributed by atoms with Crippen LogP contribution in [0.25, 0.3) is 0 Å². The highest BCUT2D eigenvalue weighted by molar-refractivity contribution is 7.90. The van der Waals surface area contributed by atoms with Gasteiger partial charge in [-0.25, -0.2) is 4.72 Å². The number of halogens is 3. The zero-order chi connectivity index (χ0) is 18.8. The molecule has 1 saturated heterocycles. The number of nitrogens with zero attached hydrogens (tertiary/aromatic N) is 1. The molecule has 1 heterocycles. The zero-order valence-electron chi connectivity index (χ0n) is 13.3. The molecule has 0 bridgehead atoms. The molecule has 0 spiro atoms. The maximum absolute atomic E-state index is 12.3. The Bertz CT molecular complexity index is 760. The lowest BCUT2D eigenvalue weighted by atomic mass is 10.1. The third-order valence-corrected chi connectivity index (χ3v) is 5.01. The number of hydrogen-bond donors (Lipinski definition) is 1. The van der Waals surface area contributed by atoms with E-state index in [-0.39, 0.29) is 25.3 Å². The Morgan fingerprint density at radius 1 is 1.28 bits per heavy atom. The van der Waals surface area contributed by atoms with Crippen LogP contribution < -0.4 is 4.72 Å². The largest absolute Gasteiger partial charge is 0.516 e. The van der Waals surface area contributed by atoms with Crippen LogP contribution in [0.2, 0.25) is 0 Å². The average Bonchev–Trinajstić information content (AvgIpc) is 2.80. The monoisotopic (exact) mass is 378 g/mol. The molecule has 6 nitrogen and oxygen atoms in total. The topological polar surface area (TPSA) is 83.6 Å². The van der Waals surface area contributed by atoms with Crippen LogP contribution in [0.1, 0.15) is 30.4 Å². The fourth-order valence-corrected chi connectivity index (χ4v) is 3.08. The van der Waals surface area contributed by atoms with E-state index in [1.807, 2.05) is 31.2 Å². The van der Waals surface area contributed by atoms with Gasteiger partial charge in [0.05, 0.1) is 0 Å². The van der Waals surface area contributed by atoms with Crippen LogP contribution in [0.3, 0.4) is 0 Å². The average molecular weight is 378 g/mol. The van der Waals surface area contributed by atoms with Crippen molar-refractivity contribution in [2.24, 2.45) is 0 Å². The highest BCUT2D eigenvalue weighted by Gasteiger charge is 2.47. The molecule has 1 N–H and O–H groups in total. The first-order chi connectivity index (χ1) is 11.5. The number of aryl methyl sites for hydroxylation is 1. The minimum Gasteiger partial charge on any atom is -0.335 e. The molecule has 1 aliphatic rings. The molecule has 1 atom stereocenters. The van der Waals surface area contributed by atoms with Crippen molar-refractivity contribution in [2.75, 3.05) is 0 Å². The first kappa shape index (κ1) is 19.2. The normalized spacial score (nSPS) is 18.5. The first-order valence-electron chi connectivity index (χ1n) is 7.46. The summed E-state index contributed by atoms with van der Waals surface area (Å²) in [7, 11) is -5.74. The van der Waals surface area contributed by atoms with Crippen molar-refractivity contribution in [3.05, 3.63) is 35.4 Å². The van der Waals surface area contributed by atoms with Gasteiger partial charge in [-0.1, -0.05) is 29.8 Å². The van der Waals surface area contributed by atoms with Gasteiger partial charge < -0.3 is 4.90 Å². The summed E-state index contributed by atoms with van der Waals surface area (Å²) in [4.78, 5) is 25.1. The highest BCUT2D eigenvalue weighted by atomic mass is 32.2. The lowest BCUT2D eigenvalue weighted by molar-refractivity contribution is -0.130.